The van der Waals surface area contributed by atoms with Crippen molar-refractivity contribution in [3.63, 3.8) is 0 Å². The molecule has 3 atom stereocenters. The van der Waals surface area contributed by atoms with E-state index >= 15 is 0 Å². The van der Waals surface area contributed by atoms with Crippen molar-refractivity contribution in [1.29, 1.82) is 0 Å². The molecule has 1 fully saturated rings. The minimum Gasteiger partial charge on any atom is -0.466 e. The van der Waals surface area contributed by atoms with Gasteiger partial charge < -0.3 is 4.74 Å². The van der Waals surface area contributed by atoms with Gasteiger partial charge in [0, 0.05) is 18.3 Å². The molecule has 0 unspecified atom stereocenters. The normalized spacial score (nSPS) is 34.6. The summed E-state index contributed by atoms with van der Waals surface area (Å²) in [6, 6.07) is 0. The minimum atomic E-state index is -0.457. The highest BCUT2D eigenvalue weighted by Gasteiger charge is 2.46. The fraction of sp³-hybridized carbons (Fsp3) is 0.692. The van der Waals surface area contributed by atoms with Crippen molar-refractivity contribution in [2.24, 2.45) is 17.3 Å². The van der Waals surface area contributed by atoms with Crippen LogP contribution in [0.5, 0.6) is 0 Å². The summed E-state index contributed by atoms with van der Waals surface area (Å²) in [5, 5.41) is 0. The molecule has 0 amide bonds. The van der Waals surface area contributed by atoms with Gasteiger partial charge in [-0.05, 0) is 12.8 Å². The van der Waals surface area contributed by atoms with Crippen LogP contribution in [-0.4, -0.2) is 18.4 Å². The van der Waals surface area contributed by atoms with Gasteiger partial charge in [-0.25, -0.2) is 0 Å². The van der Waals surface area contributed by atoms with E-state index in [1.54, 1.807) is 13.0 Å². The second-order valence-corrected chi connectivity index (χ2v) is 4.84. The maximum Gasteiger partial charge on any atom is 0.310 e. The molecule has 1 saturated carbocycles. The number of carbonyl (C=O) groups excluding carboxylic acids is 2. The molecule has 0 N–H and O–H groups in total. The van der Waals surface area contributed by atoms with E-state index in [1.165, 1.54) is 0 Å². The molecule has 0 heterocycles. The molecule has 0 aromatic rings. The van der Waals surface area contributed by atoms with Crippen LogP contribution in [0.15, 0.2) is 12.7 Å². The zero-order valence-corrected chi connectivity index (χ0v) is 10.3. The lowest BCUT2D eigenvalue weighted by atomic mass is 9.63. The van der Waals surface area contributed by atoms with Gasteiger partial charge in [-0.2, -0.15) is 0 Å². The molecule has 0 radical (unpaired) electrons. The van der Waals surface area contributed by atoms with Gasteiger partial charge in [-0.1, -0.05) is 19.9 Å². The Labute approximate surface area is 96.9 Å². The third-order valence-corrected chi connectivity index (χ3v) is 3.41. The van der Waals surface area contributed by atoms with Gasteiger partial charge in [0.25, 0.3) is 0 Å². The Morgan fingerprint density at radius 2 is 2.31 bits per heavy atom. The quantitative estimate of drug-likeness (QED) is 0.546. The molecule has 0 bridgehead atoms. The second-order valence-electron chi connectivity index (χ2n) is 4.84. The fourth-order valence-corrected chi connectivity index (χ4v) is 2.67. The summed E-state index contributed by atoms with van der Waals surface area (Å²) >= 11 is 0. The van der Waals surface area contributed by atoms with Gasteiger partial charge in [0.15, 0.2) is 0 Å². The van der Waals surface area contributed by atoms with Crippen molar-refractivity contribution < 1.29 is 14.3 Å². The Bertz CT molecular complexity index is 308. The van der Waals surface area contributed by atoms with Crippen LogP contribution in [0.2, 0.25) is 0 Å². The molecule has 0 saturated heterocycles. The average Bonchev–Trinajstić information content (AvgIpc) is 2.16. The first kappa shape index (κ1) is 12.9. The molecule has 0 aliphatic heterocycles. The number of hydrogen-bond donors (Lipinski definition) is 0. The molecular formula is C13H20O3. The highest BCUT2D eigenvalue weighted by Crippen LogP contribution is 2.44. The molecule has 0 aromatic carbocycles. The summed E-state index contributed by atoms with van der Waals surface area (Å²) in [6.45, 7) is 9.77. The first-order chi connectivity index (χ1) is 7.44. The Morgan fingerprint density at radius 1 is 1.69 bits per heavy atom. The van der Waals surface area contributed by atoms with Crippen molar-refractivity contribution in [3.05, 3.63) is 12.7 Å². The third-order valence-electron chi connectivity index (χ3n) is 3.41. The van der Waals surface area contributed by atoms with Gasteiger partial charge in [0.05, 0.1) is 12.5 Å². The van der Waals surface area contributed by atoms with E-state index < -0.39 is 5.41 Å². The molecule has 1 rings (SSSR count). The molecule has 1 aliphatic rings. The monoisotopic (exact) mass is 224 g/mol. The van der Waals surface area contributed by atoms with E-state index in [2.05, 4.69) is 6.58 Å². The third kappa shape index (κ3) is 2.34. The van der Waals surface area contributed by atoms with Gasteiger partial charge in [-0.3, -0.25) is 9.59 Å². The van der Waals surface area contributed by atoms with Gasteiger partial charge in [0.1, 0.15) is 5.78 Å². The summed E-state index contributed by atoms with van der Waals surface area (Å²) in [7, 11) is 0. The number of ether oxygens (including phenoxy) is 1. The first-order valence-corrected chi connectivity index (χ1v) is 5.76. The number of allylic oxidation sites excluding steroid dienone is 1. The maximum absolute atomic E-state index is 11.9. The zero-order valence-electron chi connectivity index (χ0n) is 10.3. The molecule has 90 valence electrons. The van der Waals surface area contributed by atoms with Gasteiger partial charge >= 0.3 is 5.97 Å². The van der Waals surface area contributed by atoms with E-state index in [4.69, 9.17) is 4.74 Å². The maximum atomic E-state index is 11.9. The van der Waals surface area contributed by atoms with Crippen molar-refractivity contribution in [2.45, 2.75) is 33.6 Å². The summed E-state index contributed by atoms with van der Waals surface area (Å²) in [5.74, 6) is -0.216. The highest BCUT2D eigenvalue weighted by molar-refractivity contribution is 5.85. The summed E-state index contributed by atoms with van der Waals surface area (Å²) in [6.07, 6.45) is 2.58. The summed E-state index contributed by atoms with van der Waals surface area (Å²) < 4.78 is 5.09. The Morgan fingerprint density at radius 3 is 2.81 bits per heavy atom. The zero-order chi connectivity index (χ0) is 12.3. The first-order valence-electron chi connectivity index (χ1n) is 5.76. The van der Waals surface area contributed by atoms with Crippen molar-refractivity contribution in [3.8, 4) is 0 Å². The molecule has 3 nitrogen and oxygen atoms in total. The van der Waals surface area contributed by atoms with Crippen molar-refractivity contribution in [1.82, 2.24) is 0 Å². The van der Waals surface area contributed by atoms with E-state index in [0.29, 0.717) is 19.4 Å². The molecular weight excluding hydrogens is 204 g/mol. The SMILES string of the molecule is C=C[C@]1(C)CC(=O)C[C@H](C)[C@@H]1C(=O)OCC. The van der Waals surface area contributed by atoms with E-state index in [0.717, 1.165) is 0 Å². The number of rotatable bonds is 3. The lowest BCUT2D eigenvalue weighted by Gasteiger charge is -2.40. The predicted molar refractivity (Wildman–Crippen MR) is 61.8 cm³/mol. The number of hydrogen-bond acceptors (Lipinski definition) is 3. The molecule has 3 heteroatoms. The van der Waals surface area contributed by atoms with E-state index in [9.17, 15) is 9.59 Å². The number of carbonyl (C=O) groups is 2. The molecule has 0 aromatic heterocycles. The van der Waals surface area contributed by atoms with Crippen LogP contribution in [0.4, 0.5) is 0 Å². The minimum absolute atomic E-state index is 0.0308. The largest absolute Gasteiger partial charge is 0.466 e. The molecule has 16 heavy (non-hydrogen) atoms. The number of ketones is 1. The van der Waals surface area contributed by atoms with Crippen molar-refractivity contribution in [2.75, 3.05) is 6.61 Å². The lowest BCUT2D eigenvalue weighted by Crippen LogP contribution is -2.43. The van der Waals surface area contributed by atoms with E-state index in [-0.39, 0.29) is 23.6 Å². The summed E-state index contributed by atoms with van der Waals surface area (Å²) in [4.78, 5) is 23.5. The predicted octanol–water partition coefficient (Wildman–Crippen LogP) is 2.36. The number of Topliss-reactive ketones (excluding diaryl/α,β-unsaturated/α-hetero) is 1. The van der Waals surface area contributed by atoms with Crippen LogP contribution >= 0.6 is 0 Å². The second kappa shape index (κ2) is 4.81. The lowest BCUT2D eigenvalue weighted by molar-refractivity contribution is -0.157. The Hall–Kier alpha value is -1.12. The summed E-state index contributed by atoms with van der Waals surface area (Å²) in [5.41, 5.74) is -0.457. The topological polar surface area (TPSA) is 43.4 Å². The Kier molecular flexibility index (Phi) is 3.89. The fourth-order valence-electron chi connectivity index (χ4n) is 2.67. The average molecular weight is 224 g/mol. The van der Waals surface area contributed by atoms with E-state index in [1.807, 2.05) is 13.8 Å². The molecule has 0 spiro atoms. The van der Waals surface area contributed by atoms with Crippen LogP contribution in [0.3, 0.4) is 0 Å². The van der Waals surface area contributed by atoms with Gasteiger partial charge in [0.2, 0.25) is 0 Å². The van der Waals surface area contributed by atoms with Gasteiger partial charge in [-0.15, -0.1) is 6.58 Å². The van der Waals surface area contributed by atoms with Crippen LogP contribution in [0.25, 0.3) is 0 Å². The van der Waals surface area contributed by atoms with Crippen molar-refractivity contribution >= 4 is 11.8 Å². The van der Waals surface area contributed by atoms with Crippen LogP contribution in [-0.2, 0) is 14.3 Å². The smallest absolute Gasteiger partial charge is 0.310 e. The van der Waals surface area contributed by atoms with Crippen LogP contribution in [0, 0.1) is 17.3 Å². The standard InChI is InChI=1S/C13H20O3/c1-5-13(4)8-10(14)7-9(3)11(13)12(15)16-6-2/h5,9,11H,1,6-8H2,2-4H3/t9-,11+,13+/m0/s1. The molecule has 1 aliphatic carbocycles. The van der Waals surface area contributed by atoms with Crippen LogP contribution in [0.1, 0.15) is 33.6 Å². The Balaban J connectivity index is 2.96. The number of esters is 1. The highest BCUT2D eigenvalue weighted by atomic mass is 16.5. The van der Waals surface area contributed by atoms with Crippen LogP contribution < -0.4 is 0 Å².